The van der Waals surface area contributed by atoms with Crippen molar-refractivity contribution < 1.29 is 23.8 Å². The van der Waals surface area contributed by atoms with Crippen molar-refractivity contribution in [3.8, 4) is 0 Å². The van der Waals surface area contributed by atoms with Crippen LogP contribution in [0.25, 0.3) is 11.1 Å². The summed E-state index contributed by atoms with van der Waals surface area (Å²) in [7, 11) is 0. The minimum Gasteiger partial charge on any atom is -0.445 e. The molecule has 4 rings (SSSR count). The van der Waals surface area contributed by atoms with Crippen LogP contribution in [0, 0.1) is 5.41 Å². The number of carbonyl (C=O) groups is 2. The van der Waals surface area contributed by atoms with Gasteiger partial charge in [0.1, 0.15) is 18.2 Å². The number of alkyl carbamates (subject to hydrolysis) is 1. The van der Waals surface area contributed by atoms with E-state index in [1.165, 1.54) is 0 Å². The smallest absolute Gasteiger partial charge is 0.408 e. The molecule has 0 spiro atoms. The van der Waals surface area contributed by atoms with Crippen molar-refractivity contribution in [2.45, 2.75) is 77.2 Å². The summed E-state index contributed by atoms with van der Waals surface area (Å²) in [5.41, 5.74) is 2.03. The van der Waals surface area contributed by atoms with Gasteiger partial charge in [-0.05, 0) is 48.8 Å². The number of rotatable bonds is 10. The second-order valence-corrected chi connectivity index (χ2v) is 9.97. The molecule has 8 nitrogen and oxygen atoms in total. The highest BCUT2D eigenvalue weighted by molar-refractivity contribution is 5.86. The van der Waals surface area contributed by atoms with E-state index in [1.54, 1.807) is 12.1 Å². The molecule has 3 N–H and O–H groups in total. The molecular formula is C28H35N3O5. The summed E-state index contributed by atoms with van der Waals surface area (Å²) in [4.78, 5) is 30.4. The molecule has 36 heavy (non-hydrogen) atoms. The summed E-state index contributed by atoms with van der Waals surface area (Å²) in [6.07, 6.45) is 3.39. The van der Waals surface area contributed by atoms with Crippen molar-refractivity contribution in [1.82, 2.24) is 15.6 Å². The van der Waals surface area contributed by atoms with Crippen LogP contribution in [0.5, 0.6) is 0 Å². The Bertz CT molecular complexity index is 1120. The van der Waals surface area contributed by atoms with Crippen LogP contribution in [0.3, 0.4) is 0 Å². The summed E-state index contributed by atoms with van der Waals surface area (Å²) < 4.78 is 11.1. The standard InChI is InChI=1S/C28H35N3O5/c1-3-20(24(32)26-30-21-13-7-8-14-23(21)36-26)29-25(33)22(17-28(2)15-9-10-16-28)31-27(34)35-18-19-11-5-4-6-12-19/h4-8,11-14,20,22,24,32H,3,9-10,15-18H2,1-2H3,(H,29,33)(H,31,34)/t20-,22?,24?/m0/s1. The third kappa shape index (κ3) is 6.43. The zero-order valence-corrected chi connectivity index (χ0v) is 20.9. The summed E-state index contributed by atoms with van der Waals surface area (Å²) >= 11 is 0. The second-order valence-electron chi connectivity index (χ2n) is 9.97. The average Bonchev–Trinajstić information content (AvgIpc) is 3.52. The lowest BCUT2D eigenvalue weighted by Gasteiger charge is -2.30. The average molecular weight is 494 g/mol. The van der Waals surface area contributed by atoms with Crippen LogP contribution in [0.4, 0.5) is 4.79 Å². The molecule has 1 aliphatic rings. The number of aliphatic hydroxyl groups excluding tert-OH is 1. The first-order valence-corrected chi connectivity index (χ1v) is 12.7. The zero-order valence-electron chi connectivity index (χ0n) is 20.9. The quantitative estimate of drug-likeness (QED) is 0.365. The van der Waals surface area contributed by atoms with Crippen LogP contribution in [0.1, 0.15) is 69.9 Å². The van der Waals surface area contributed by atoms with Crippen LogP contribution >= 0.6 is 0 Å². The molecule has 2 aromatic carbocycles. The third-order valence-electron chi connectivity index (χ3n) is 7.04. The number of carbonyl (C=O) groups excluding carboxylic acids is 2. The predicted molar refractivity (Wildman–Crippen MR) is 136 cm³/mol. The van der Waals surface area contributed by atoms with Gasteiger partial charge in [-0.2, -0.15) is 0 Å². The Kier molecular flexibility index (Phi) is 8.25. The number of amides is 2. The number of benzene rings is 2. The number of aliphatic hydroxyl groups is 1. The van der Waals surface area contributed by atoms with Gasteiger partial charge in [0.25, 0.3) is 0 Å². The maximum Gasteiger partial charge on any atom is 0.408 e. The van der Waals surface area contributed by atoms with E-state index >= 15 is 0 Å². The SMILES string of the molecule is CC[C@H](NC(=O)C(CC1(C)CCCC1)NC(=O)OCc1ccccc1)C(O)c1nc2ccccc2o1. The summed E-state index contributed by atoms with van der Waals surface area (Å²) in [5.74, 6) is -0.209. The van der Waals surface area contributed by atoms with Crippen LogP contribution in [0.2, 0.25) is 0 Å². The van der Waals surface area contributed by atoms with Gasteiger partial charge in [-0.1, -0.05) is 69.2 Å². The Morgan fingerprint density at radius 3 is 2.47 bits per heavy atom. The number of hydrogen-bond acceptors (Lipinski definition) is 6. The first-order chi connectivity index (χ1) is 17.4. The Morgan fingerprint density at radius 2 is 1.78 bits per heavy atom. The molecule has 1 aliphatic carbocycles. The van der Waals surface area contributed by atoms with Gasteiger partial charge in [-0.3, -0.25) is 4.79 Å². The lowest BCUT2D eigenvalue weighted by molar-refractivity contribution is -0.125. The molecule has 3 aromatic rings. The maximum absolute atomic E-state index is 13.4. The molecule has 1 fully saturated rings. The van der Waals surface area contributed by atoms with Gasteiger partial charge in [-0.15, -0.1) is 0 Å². The first kappa shape index (κ1) is 25.7. The summed E-state index contributed by atoms with van der Waals surface area (Å²) in [6.45, 7) is 4.14. The van der Waals surface area contributed by atoms with Gasteiger partial charge in [-0.25, -0.2) is 9.78 Å². The van der Waals surface area contributed by atoms with E-state index in [2.05, 4.69) is 22.5 Å². The van der Waals surface area contributed by atoms with E-state index in [9.17, 15) is 14.7 Å². The fourth-order valence-electron chi connectivity index (χ4n) is 4.92. The van der Waals surface area contributed by atoms with E-state index in [1.807, 2.05) is 49.4 Å². The number of ether oxygens (including phenoxy) is 1. The molecule has 1 heterocycles. The number of para-hydroxylation sites is 2. The van der Waals surface area contributed by atoms with Crippen LogP contribution in [-0.2, 0) is 16.1 Å². The largest absolute Gasteiger partial charge is 0.445 e. The maximum atomic E-state index is 13.4. The van der Waals surface area contributed by atoms with Crippen molar-refractivity contribution in [2.75, 3.05) is 0 Å². The molecular weight excluding hydrogens is 458 g/mol. The normalized spacial score (nSPS) is 17.3. The zero-order chi connectivity index (χ0) is 25.5. The van der Waals surface area contributed by atoms with E-state index < -0.39 is 24.3 Å². The minimum absolute atomic E-state index is 0.0463. The van der Waals surface area contributed by atoms with E-state index in [0.717, 1.165) is 31.2 Å². The molecule has 0 radical (unpaired) electrons. The van der Waals surface area contributed by atoms with Crippen molar-refractivity contribution in [3.63, 3.8) is 0 Å². The van der Waals surface area contributed by atoms with Crippen molar-refractivity contribution in [3.05, 3.63) is 66.1 Å². The third-order valence-corrected chi connectivity index (χ3v) is 7.04. The molecule has 8 heteroatoms. The van der Waals surface area contributed by atoms with Crippen LogP contribution in [0.15, 0.2) is 59.0 Å². The number of oxazole rings is 1. The van der Waals surface area contributed by atoms with Gasteiger partial charge in [0, 0.05) is 0 Å². The number of nitrogens with one attached hydrogen (secondary N) is 2. The fourth-order valence-corrected chi connectivity index (χ4v) is 4.92. The number of hydrogen-bond donors (Lipinski definition) is 3. The second kappa shape index (κ2) is 11.6. The lowest BCUT2D eigenvalue weighted by Crippen LogP contribution is -2.52. The minimum atomic E-state index is -1.13. The van der Waals surface area contributed by atoms with Crippen molar-refractivity contribution in [2.24, 2.45) is 5.41 Å². The highest BCUT2D eigenvalue weighted by Gasteiger charge is 2.36. The van der Waals surface area contributed by atoms with Crippen molar-refractivity contribution in [1.29, 1.82) is 0 Å². The highest BCUT2D eigenvalue weighted by atomic mass is 16.5. The van der Waals surface area contributed by atoms with Crippen molar-refractivity contribution >= 4 is 23.1 Å². The van der Waals surface area contributed by atoms with Gasteiger partial charge >= 0.3 is 6.09 Å². The molecule has 0 bridgehead atoms. The van der Waals surface area contributed by atoms with Gasteiger partial charge < -0.3 is 24.9 Å². The van der Waals surface area contributed by atoms with Crippen LogP contribution in [-0.4, -0.2) is 34.2 Å². The Hall–Kier alpha value is -3.39. The topological polar surface area (TPSA) is 114 Å². The molecule has 1 saturated carbocycles. The molecule has 0 aliphatic heterocycles. The summed E-state index contributed by atoms with van der Waals surface area (Å²) in [5, 5.41) is 16.7. The van der Waals surface area contributed by atoms with E-state index in [0.29, 0.717) is 23.9 Å². The number of nitrogens with zero attached hydrogens (tertiary/aromatic N) is 1. The van der Waals surface area contributed by atoms with Gasteiger partial charge in [0.05, 0.1) is 6.04 Å². The molecule has 192 valence electrons. The van der Waals surface area contributed by atoms with Crippen LogP contribution < -0.4 is 10.6 Å². The predicted octanol–water partition coefficient (Wildman–Crippen LogP) is 5.02. The first-order valence-electron chi connectivity index (χ1n) is 12.7. The monoisotopic (exact) mass is 493 g/mol. The van der Waals surface area contributed by atoms with E-state index in [-0.39, 0.29) is 23.8 Å². The van der Waals surface area contributed by atoms with Gasteiger partial charge in [0.2, 0.25) is 11.8 Å². The molecule has 2 amide bonds. The molecule has 2 unspecified atom stereocenters. The lowest BCUT2D eigenvalue weighted by atomic mass is 9.81. The molecule has 0 saturated heterocycles. The Morgan fingerprint density at radius 1 is 1.08 bits per heavy atom. The number of aromatic nitrogens is 1. The van der Waals surface area contributed by atoms with Gasteiger partial charge in [0.15, 0.2) is 11.7 Å². The molecule has 1 aromatic heterocycles. The Balaban J connectivity index is 1.44. The van der Waals surface area contributed by atoms with E-state index in [4.69, 9.17) is 9.15 Å². The summed E-state index contributed by atoms with van der Waals surface area (Å²) in [6, 6.07) is 15.2. The number of fused-ring (bicyclic) bond motifs is 1. The Labute approximate surface area is 211 Å². The fraction of sp³-hybridized carbons (Fsp3) is 0.464. The molecule has 3 atom stereocenters. The highest BCUT2D eigenvalue weighted by Crippen LogP contribution is 2.41.